The van der Waals surface area contributed by atoms with Crippen molar-refractivity contribution < 1.29 is 8.42 Å². The zero-order valence-electron chi connectivity index (χ0n) is 11.6. The van der Waals surface area contributed by atoms with Crippen LogP contribution in [0.1, 0.15) is 24.8 Å². The van der Waals surface area contributed by atoms with Gasteiger partial charge in [-0.2, -0.15) is 0 Å². The highest BCUT2D eigenvalue weighted by molar-refractivity contribution is 7.88. The topological polar surface area (TPSA) is 49.4 Å². The van der Waals surface area contributed by atoms with Crippen LogP contribution in [-0.2, 0) is 15.8 Å². The molecule has 1 aliphatic heterocycles. The minimum atomic E-state index is -3.21. The number of likely N-dealkylation sites (tertiary alicyclic amines) is 1. The second kappa shape index (κ2) is 8.62. The molecule has 1 aliphatic rings. The molecule has 0 radical (unpaired) electrons. The minimum absolute atomic E-state index is 0. The summed E-state index contributed by atoms with van der Waals surface area (Å²) in [5.41, 5.74) is 0.827. The minimum Gasteiger partial charge on any atom is -0.302 e. The normalized spacial score (nSPS) is 16.6. The van der Waals surface area contributed by atoms with E-state index in [9.17, 15) is 8.42 Å². The molecule has 0 amide bonds. The van der Waals surface area contributed by atoms with Gasteiger partial charge in [0.05, 0.1) is 5.75 Å². The van der Waals surface area contributed by atoms with Crippen LogP contribution in [0.2, 0.25) is 0 Å². The number of rotatable bonds is 6. The summed E-state index contributed by atoms with van der Waals surface area (Å²) < 4.78 is 26.5. The maximum atomic E-state index is 11.9. The lowest BCUT2D eigenvalue weighted by molar-refractivity contribution is 0.232. The summed E-state index contributed by atoms with van der Waals surface area (Å²) in [4.78, 5) is 2.33. The molecule has 1 aromatic rings. The Balaban J connectivity index is 0.00000200. The predicted octanol–water partition coefficient (Wildman–Crippen LogP) is 2.01. The van der Waals surface area contributed by atoms with E-state index >= 15 is 0 Å². The van der Waals surface area contributed by atoms with Crippen molar-refractivity contribution in [2.24, 2.45) is 0 Å². The van der Waals surface area contributed by atoms with Crippen LogP contribution in [-0.4, -0.2) is 39.5 Å². The molecule has 0 aromatic heterocycles. The second-order valence-corrected chi connectivity index (χ2v) is 6.85. The van der Waals surface area contributed by atoms with Gasteiger partial charge in [0.25, 0.3) is 0 Å². The van der Waals surface area contributed by atoms with E-state index in [1.165, 1.54) is 19.3 Å². The molecule has 6 heteroatoms. The molecule has 114 valence electrons. The lowest BCUT2D eigenvalue weighted by Gasteiger charge is -2.26. The van der Waals surface area contributed by atoms with Crippen LogP contribution in [0.3, 0.4) is 0 Å². The van der Waals surface area contributed by atoms with Gasteiger partial charge in [-0.1, -0.05) is 36.8 Å². The first-order valence-corrected chi connectivity index (χ1v) is 8.54. The fourth-order valence-corrected chi connectivity index (χ4v) is 3.52. The van der Waals surface area contributed by atoms with Crippen LogP contribution in [0.25, 0.3) is 0 Å². The fraction of sp³-hybridized carbons (Fsp3) is 0.571. The van der Waals surface area contributed by atoms with Gasteiger partial charge in [-0.15, -0.1) is 12.4 Å². The number of piperidine rings is 1. The summed E-state index contributed by atoms with van der Waals surface area (Å²) in [5, 5.41) is 0. The first-order chi connectivity index (χ1) is 9.16. The van der Waals surface area contributed by atoms with Crippen LogP contribution >= 0.6 is 12.4 Å². The van der Waals surface area contributed by atoms with Crippen molar-refractivity contribution in [1.29, 1.82) is 0 Å². The smallest absolute Gasteiger partial charge is 0.215 e. The lowest BCUT2D eigenvalue weighted by Crippen LogP contribution is -2.38. The van der Waals surface area contributed by atoms with E-state index < -0.39 is 10.0 Å². The van der Waals surface area contributed by atoms with Gasteiger partial charge < -0.3 is 4.90 Å². The van der Waals surface area contributed by atoms with Crippen molar-refractivity contribution in [2.75, 3.05) is 26.2 Å². The molecule has 1 heterocycles. The molecule has 20 heavy (non-hydrogen) atoms. The summed E-state index contributed by atoms with van der Waals surface area (Å²) in [5.74, 6) is 0.0633. The number of hydrogen-bond donors (Lipinski definition) is 1. The predicted molar refractivity (Wildman–Crippen MR) is 84.6 cm³/mol. The summed E-state index contributed by atoms with van der Waals surface area (Å²) in [6.07, 6.45) is 3.77. The average molecular weight is 319 g/mol. The molecule has 4 nitrogen and oxygen atoms in total. The SMILES string of the molecule is Cl.O=S(=O)(Cc1ccccc1)NCCN1CCCCC1. The van der Waals surface area contributed by atoms with Crippen molar-refractivity contribution in [3.8, 4) is 0 Å². The highest BCUT2D eigenvalue weighted by Crippen LogP contribution is 2.08. The van der Waals surface area contributed by atoms with Gasteiger partial charge in [0, 0.05) is 13.1 Å². The van der Waals surface area contributed by atoms with Gasteiger partial charge in [0.2, 0.25) is 10.0 Å². The van der Waals surface area contributed by atoms with Gasteiger partial charge in [-0.25, -0.2) is 13.1 Å². The van der Waals surface area contributed by atoms with E-state index in [0.717, 1.165) is 25.2 Å². The molecule has 0 unspecified atom stereocenters. The molecular weight excluding hydrogens is 296 g/mol. The molecule has 1 N–H and O–H groups in total. The first kappa shape index (κ1) is 17.4. The lowest BCUT2D eigenvalue weighted by atomic mass is 10.1. The average Bonchev–Trinajstić information content (AvgIpc) is 2.40. The van der Waals surface area contributed by atoms with Crippen LogP contribution in [0.4, 0.5) is 0 Å². The van der Waals surface area contributed by atoms with Crippen molar-refractivity contribution in [3.05, 3.63) is 35.9 Å². The van der Waals surface area contributed by atoms with Crippen LogP contribution in [0, 0.1) is 0 Å². The van der Waals surface area contributed by atoms with Gasteiger partial charge in [0.1, 0.15) is 0 Å². The summed E-state index contributed by atoms with van der Waals surface area (Å²) in [6.45, 7) is 3.52. The van der Waals surface area contributed by atoms with Crippen LogP contribution < -0.4 is 4.72 Å². The Morgan fingerprint density at radius 3 is 2.35 bits per heavy atom. The maximum Gasteiger partial charge on any atom is 0.215 e. The maximum absolute atomic E-state index is 11.9. The number of hydrogen-bond acceptors (Lipinski definition) is 3. The van der Waals surface area contributed by atoms with Gasteiger partial charge in [0.15, 0.2) is 0 Å². The quantitative estimate of drug-likeness (QED) is 0.873. The number of sulfonamides is 1. The highest BCUT2D eigenvalue weighted by Gasteiger charge is 2.13. The summed E-state index contributed by atoms with van der Waals surface area (Å²) in [7, 11) is -3.21. The summed E-state index contributed by atoms with van der Waals surface area (Å²) >= 11 is 0. The number of nitrogens with one attached hydrogen (secondary N) is 1. The van der Waals surface area contributed by atoms with Gasteiger partial charge in [-0.3, -0.25) is 0 Å². The second-order valence-electron chi connectivity index (χ2n) is 5.04. The van der Waals surface area contributed by atoms with Crippen molar-refractivity contribution in [3.63, 3.8) is 0 Å². The van der Waals surface area contributed by atoms with E-state index in [1.54, 1.807) is 0 Å². The Labute approximate surface area is 128 Å². The fourth-order valence-electron chi connectivity index (χ4n) is 2.39. The largest absolute Gasteiger partial charge is 0.302 e. The zero-order chi connectivity index (χ0) is 13.6. The number of nitrogens with zero attached hydrogens (tertiary/aromatic N) is 1. The van der Waals surface area contributed by atoms with E-state index in [4.69, 9.17) is 0 Å². The molecule has 2 rings (SSSR count). The molecule has 0 spiro atoms. The molecule has 0 atom stereocenters. The standard InChI is InChI=1S/C14H22N2O2S.ClH/c17-19(18,13-14-7-3-1-4-8-14)15-9-12-16-10-5-2-6-11-16;/h1,3-4,7-8,15H,2,5-6,9-13H2;1H. The van der Waals surface area contributed by atoms with E-state index in [-0.39, 0.29) is 18.2 Å². The molecule has 1 aromatic carbocycles. The highest BCUT2D eigenvalue weighted by atomic mass is 35.5. The van der Waals surface area contributed by atoms with Crippen molar-refractivity contribution in [2.45, 2.75) is 25.0 Å². The summed E-state index contributed by atoms with van der Waals surface area (Å²) in [6, 6.07) is 9.28. The Morgan fingerprint density at radius 1 is 1.05 bits per heavy atom. The Kier molecular flexibility index (Phi) is 7.51. The Hall–Kier alpha value is -0.620. The zero-order valence-corrected chi connectivity index (χ0v) is 13.3. The molecule has 0 saturated carbocycles. The van der Waals surface area contributed by atoms with E-state index in [1.807, 2.05) is 30.3 Å². The first-order valence-electron chi connectivity index (χ1n) is 6.89. The van der Waals surface area contributed by atoms with Crippen LogP contribution in [0.15, 0.2) is 30.3 Å². The number of benzene rings is 1. The molecular formula is C14H23ClN2O2S. The third kappa shape index (κ3) is 6.22. The Bertz CT molecular complexity index is 473. The van der Waals surface area contributed by atoms with Crippen LogP contribution in [0.5, 0.6) is 0 Å². The third-order valence-corrected chi connectivity index (χ3v) is 4.76. The molecule has 0 bridgehead atoms. The van der Waals surface area contributed by atoms with Gasteiger partial charge >= 0.3 is 0 Å². The van der Waals surface area contributed by atoms with Crippen molar-refractivity contribution >= 4 is 22.4 Å². The monoisotopic (exact) mass is 318 g/mol. The molecule has 1 saturated heterocycles. The van der Waals surface area contributed by atoms with Gasteiger partial charge in [-0.05, 0) is 31.5 Å². The van der Waals surface area contributed by atoms with E-state index in [2.05, 4.69) is 9.62 Å². The third-order valence-electron chi connectivity index (χ3n) is 3.40. The van der Waals surface area contributed by atoms with E-state index in [0.29, 0.717) is 6.54 Å². The molecule has 1 fully saturated rings. The Morgan fingerprint density at radius 2 is 1.70 bits per heavy atom. The molecule has 0 aliphatic carbocycles. The number of halogens is 1. The van der Waals surface area contributed by atoms with Crippen molar-refractivity contribution in [1.82, 2.24) is 9.62 Å².